The third kappa shape index (κ3) is 6.27. The summed E-state index contributed by atoms with van der Waals surface area (Å²) < 4.78 is 42.5. The van der Waals surface area contributed by atoms with Crippen LogP contribution in [-0.2, 0) is 25.7 Å². The molecule has 0 bridgehead atoms. The summed E-state index contributed by atoms with van der Waals surface area (Å²) in [5, 5.41) is 0. The zero-order valence-corrected chi connectivity index (χ0v) is 22.5. The van der Waals surface area contributed by atoms with E-state index in [9.17, 15) is 14.0 Å². The van der Waals surface area contributed by atoms with Crippen LogP contribution in [0.3, 0.4) is 0 Å². The Morgan fingerprint density at radius 1 is 0.677 bits per heavy atom. The summed E-state index contributed by atoms with van der Waals surface area (Å²) in [5.74, 6) is 2.83. The monoisotopic (exact) mass is 704 g/mol. The first-order valence-electron chi connectivity index (χ1n) is 9.60. The van der Waals surface area contributed by atoms with Crippen molar-refractivity contribution < 1.29 is 49.9 Å². The standard InChI is InChI=1S/C19H17AsClO4.C4H8S.Au/c1-20(25-21(22,23)24,17-11-5-2-6-12-17,18-13-7-3-8-14-18)19-15-9-4-10-16-19;1-2-4-5-3-1;/h2-16H,1H2;1-4H2;/q-1;;+1. The maximum absolute atomic E-state index is 11.8. The molecule has 0 radical (unpaired) electrons. The molecule has 0 aromatic heterocycles. The Bertz CT molecular complexity index is 816. The molecule has 3 aromatic carbocycles. The van der Waals surface area contributed by atoms with Gasteiger partial charge in [0, 0.05) is 0 Å². The quantitative estimate of drug-likeness (QED) is 0.284. The van der Waals surface area contributed by atoms with E-state index in [0.717, 1.165) is 0 Å². The van der Waals surface area contributed by atoms with E-state index < -0.39 is 23.0 Å². The van der Waals surface area contributed by atoms with E-state index in [1.165, 1.54) is 24.3 Å². The van der Waals surface area contributed by atoms with Crippen LogP contribution in [0.2, 0.25) is 0 Å². The summed E-state index contributed by atoms with van der Waals surface area (Å²) in [6.45, 7) is 0. The molecule has 8 heteroatoms. The Balaban J connectivity index is 0.000000501. The van der Waals surface area contributed by atoms with E-state index in [-0.39, 0.29) is 22.4 Å². The number of hydrogen-bond donors (Lipinski definition) is 0. The maximum atomic E-state index is 11.8. The van der Waals surface area contributed by atoms with Crippen LogP contribution in [0.5, 0.6) is 0 Å². The first-order valence-corrected chi connectivity index (χ1v) is 16.9. The van der Waals surface area contributed by atoms with Gasteiger partial charge in [-0.3, -0.25) is 0 Å². The Morgan fingerprint density at radius 2 is 1.00 bits per heavy atom. The molecule has 0 unspecified atom stereocenters. The molecule has 1 aliphatic heterocycles. The second kappa shape index (κ2) is 11.5. The normalized spacial score (nSPS) is 15.0. The summed E-state index contributed by atoms with van der Waals surface area (Å²) >= 11 is -2.88. The van der Waals surface area contributed by atoms with Crippen molar-refractivity contribution in [2.24, 2.45) is 0 Å². The number of thioether (sulfide) groups is 1. The summed E-state index contributed by atoms with van der Waals surface area (Å²) in [6, 6.07) is 26.7. The number of halogens is 1. The fourth-order valence-corrected chi connectivity index (χ4v) is 15.9. The van der Waals surface area contributed by atoms with Gasteiger partial charge in [-0.25, -0.2) is 0 Å². The first-order chi connectivity index (χ1) is 14.3. The van der Waals surface area contributed by atoms with Crippen molar-refractivity contribution in [3.8, 4) is 0 Å². The molecular weight excluding hydrogens is 680 g/mol. The summed E-state index contributed by atoms with van der Waals surface area (Å²) in [5.41, 5.74) is 4.37. The molecule has 0 spiro atoms. The van der Waals surface area contributed by atoms with Crippen molar-refractivity contribution in [2.45, 2.75) is 12.8 Å². The third-order valence-corrected chi connectivity index (χ3v) is 18.3. The van der Waals surface area contributed by atoms with Gasteiger partial charge in [0.05, 0.1) is 0 Å². The van der Waals surface area contributed by atoms with Crippen molar-refractivity contribution >= 4 is 37.6 Å². The van der Waals surface area contributed by atoms with Crippen molar-refractivity contribution in [2.75, 3.05) is 11.5 Å². The van der Waals surface area contributed by atoms with Gasteiger partial charge in [-0.1, -0.05) is 0 Å². The van der Waals surface area contributed by atoms with Crippen LogP contribution >= 0.6 is 11.8 Å². The first kappa shape index (κ1) is 26.7. The fourth-order valence-electron chi connectivity index (χ4n) is 3.49. The molecule has 170 valence electrons. The van der Waals surface area contributed by atoms with Crippen LogP contribution in [0.4, 0.5) is 0 Å². The molecule has 1 aliphatic rings. The molecule has 1 fully saturated rings. The summed E-state index contributed by atoms with van der Waals surface area (Å²) in [7, 11) is -4.70. The van der Waals surface area contributed by atoms with Crippen molar-refractivity contribution in [1.29, 1.82) is 0 Å². The molecule has 0 N–H and O–H groups in total. The van der Waals surface area contributed by atoms with Gasteiger partial charge in [-0.2, -0.15) is 11.8 Å². The minimum atomic E-state index is -4.96. The van der Waals surface area contributed by atoms with Gasteiger partial charge in [0.1, 0.15) is 0 Å². The molecule has 0 amide bonds. The Labute approximate surface area is 207 Å². The molecule has 31 heavy (non-hydrogen) atoms. The Kier molecular flexibility index (Phi) is 9.93. The SMILES string of the molecule is C1CCSC1.[Au+].[CH2-][As](O[Cl+3]([O-])([O-])[O-])(c1ccccc1)(c1ccccc1)c1ccccc1. The summed E-state index contributed by atoms with van der Waals surface area (Å²) in [6.07, 6.45) is 2.93. The molecule has 3 aromatic rings. The van der Waals surface area contributed by atoms with E-state index in [4.69, 9.17) is 3.28 Å². The van der Waals surface area contributed by atoms with Gasteiger partial charge in [-0.15, -0.1) is 0 Å². The van der Waals surface area contributed by atoms with Gasteiger partial charge in [0.15, 0.2) is 0 Å². The van der Waals surface area contributed by atoms with E-state index in [1.807, 2.05) is 18.2 Å². The van der Waals surface area contributed by atoms with E-state index >= 15 is 0 Å². The molecule has 1 saturated heterocycles. The zero-order chi connectivity index (χ0) is 21.5. The third-order valence-electron chi connectivity index (χ3n) is 4.97. The van der Waals surface area contributed by atoms with E-state index in [2.05, 4.69) is 17.5 Å². The number of benzene rings is 3. The zero-order valence-electron chi connectivity index (χ0n) is 16.9. The van der Waals surface area contributed by atoms with Gasteiger partial charge >= 0.3 is 172 Å². The van der Waals surface area contributed by atoms with Crippen LogP contribution in [-0.4, -0.2) is 24.3 Å². The molecular formula is C23H25AsAuClO4S. The van der Waals surface area contributed by atoms with Crippen LogP contribution in [0.15, 0.2) is 91.0 Å². The van der Waals surface area contributed by atoms with E-state index in [1.54, 1.807) is 72.8 Å². The van der Waals surface area contributed by atoms with Gasteiger partial charge < -0.3 is 0 Å². The molecule has 0 aliphatic carbocycles. The second-order valence-electron chi connectivity index (χ2n) is 6.99. The van der Waals surface area contributed by atoms with Crippen LogP contribution < -0.4 is 27.0 Å². The Morgan fingerprint density at radius 3 is 1.23 bits per heavy atom. The summed E-state index contributed by atoms with van der Waals surface area (Å²) in [4.78, 5) is 0. The van der Waals surface area contributed by atoms with Crippen LogP contribution in [0, 0.1) is 16.0 Å². The molecule has 0 atom stereocenters. The number of hydrogen-bond acceptors (Lipinski definition) is 5. The van der Waals surface area contributed by atoms with Crippen LogP contribution in [0.25, 0.3) is 0 Å². The van der Waals surface area contributed by atoms with Crippen molar-refractivity contribution in [3.05, 3.63) is 96.7 Å². The van der Waals surface area contributed by atoms with Gasteiger partial charge in [0.25, 0.3) is 0 Å². The van der Waals surface area contributed by atoms with Crippen LogP contribution in [0.1, 0.15) is 12.8 Å². The van der Waals surface area contributed by atoms with Gasteiger partial charge in [0.2, 0.25) is 0 Å². The van der Waals surface area contributed by atoms with E-state index in [0.29, 0.717) is 13.1 Å². The number of rotatable bonds is 5. The van der Waals surface area contributed by atoms with Gasteiger partial charge in [-0.05, 0) is 24.3 Å². The molecule has 0 saturated carbocycles. The topological polar surface area (TPSA) is 78.4 Å². The predicted molar refractivity (Wildman–Crippen MR) is 117 cm³/mol. The second-order valence-corrected chi connectivity index (χ2v) is 18.3. The molecule has 1 heterocycles. The molecule has 4 nitrogen and oxygen atoms in total. The molecule has 4 rings (SSSR count). The predicted octanol–water partition coefficient (Wildman–Crippen LogP) is 0.406. The van der Waals surface area contributed by atoms with Crippen molar-refractivity contribution in [3.63, 3.8) is 0 Å². The van der Waals surface area contributed by atoms with Crippen molar-refractivity contribution in [1.82, 2.24) is 0 Å². The average molecular weight is 705 g/mol. The minimum absolute atomic E-state index is 0. The Hall–Kier alpha value is -0.561. The average Bonchev–Trinajstić information content (AvgIpc) is 3.35. The fraction of sp³-hybridized carbons (Fsp3) is 0.174.